The molecule has 2 heterocycles. The molecule has 3 fully saturated rings. The number of rotatable bonds is 81. The minimum atomic E-state index is -5.81. The van der Waals surface area contributed by atoms with E-state index in [4.69, 9.17) is 46.9 Å². The van der Waals surface area contributed by atoms with Gasteiger partial charge in [-0.15, -0.1) is 0 Å². The van der Waals surface area contributed by atoms with Crippen molar-refractivity contribution in [3.8, 4) is 0 Å². The number of phosphoric ester groups is 1. The van der Waals surface area contributed by atoms with Gasteiger partial charge in [-0.3, -0.25) is 28.2 Å². The third kappa shape index (κ3) is 53.4. The zero-order valence-corrected chi connectivity index (χ0v) is 77.9. The third-order valence-electron chi connectivity index (χ3n) is 24.7. The van der Waals surface area contributed by atoms with E-state index in [0.29, 0.717) is 38.0 Å². The molecular weight excluding hydrogens is 1580 g/mol. The summed E-state index contributed by atoms with van der Waals surface area (Å²) in [6.45, 7) is 7.98. The van der Waals surface area contributed by atoms with Crippen LogP contribution >= 0.6 is 7.82 Å². The molecule has 3 rings (SSSR count). The zero-order valence-electron chi connectivity index (χ0n) is 77.0. The van der Waals surface area contributed by atoms with Gasteiger partial charge in [-0.25, -0.2) is 4.57 Å². The lowest BCUT2D eigenvalue weighted by atomic mass is 9.84. The van der Waals surface area contributed by atoms with Crippen LogP contribution in [-0.4, -0.2) is 205 Å². The van der Waals surface area contributed by atoms with Crippen LogP contribution in [0.1, 0.15) is 439 Å². The zero-order chi connectivity index (χ0) is 89.1. The lowest BCUT2D eigenvalue weighted by molar-refractivity contribution is -0.360. The first-order valence-electron chi connectivity index (χ1n) is 49.8. The van der Waals surface area contributed by atoms with Crippen molar-refractivity contribution in [1.29, 1.82) is 0 Å². The Labute approximate surface area is 737 Å². The van der Waals surface area contributed by atoms with Crippen molar-refractivity contribution in [1.82, 2.24) is 0 Å². The number of hydrogen-bond acceptors (Lipinski definition) is 24. The first kappa shape index (κ1) is 113. The number of aliphatic hydroxyl groups is 9. The maximum atomic E-state index is 14.9. The molecule has 0 bridgehead atoms. The van der Waals surface area contributed by atoms with Gasteiger partial charge in [0, 0.05) is 25.7 Å². The maximum Gasteiger partial charge on any atom is 0.472 e. The number of unbranched alkanes of at least 4 members (excludes halogenated alkanes) is 51. The minimum Gasteiger partial charge on any atom is -0.463 e. The quantitative estimate of drug-likeness (QED) is 0.00889. The predicted octanol–water partition coefficient (Wildman–Crippen LogP) is 19.4. The summed E-state index contributed by atoms with van der Waals surface area (Å²) in [4.78, 5) is 66.7. The summed E-state index contributed by atoms with van der Waals surface area (Å²) in [6.07, 6.45) is 33.2. The Bertz CT molecular complexity index is 2590. The lowest BCUT2D eigenvalue weighted by Gasteiger charge is -2.50. The fourth-order valence-electron chi connectivity index (χ4n) is 16.7. The molecule has 25 nitrogen and oxygen atoms in total. The maximum absolute atomic E-state index is 14.9. The molecule has 1 saturated carbocycles. The van der Waals surface area contributed by atoms with Crippen molar-refractivity contribution in [3.63, 3.8) is 0 Å². The van der Waals surface area contributed by atoms with Gasteiger partial charge in [0.05, 0.1) is 13.2 Å². The molecule has 0 aromatic rings. The number of hydrogen-bond donors (Lipinski definition) is 10. The summed E-state index contributed by atoms with van der Waals surface area (Å²) >= 11 is 0. The molecule has 2 aliphatic heterocycles. The number of carbonyl (C=O) groups is 4. The van der Waals surface area contributed by atoms with Gasteiger partial charge in [-0.1, -0.05) is 374 Å². The normalized spacial score (nSPS) is 24.8. The molecule has 19 unspecified atom stereocenters. The van der Waals surface area contributed by atoms with Gasteiger partial charge < -0.3 is 88.7 Å². The Hall–Kier alpha value is -2.79. The van der Waals surface area contributed by atoms with E-state index in [1.54, 1.807) is 0 Å². The Morgan fingerprint density at radius 1 is 0.344 bits per heavy atom. The summed E-state index contributed by atoms with van der Waals surface area (Å²) in [5.74, 6) is -2.26. The number of aliphatic hydroxyl groups excluding tert-OH is 9. The Morgan fingerprint density at radius 3 is 1.07 bits per heavy atom. The molecule has 2 saturated heterocycles. The van der Waals surface area contributed by atoms with E-state index in [9.17, 15) is 74.6 Å². The van der Waals surface area contributed by atoms with Crippen molar-refractivity contribution >= 4 is 31.7 Å². The van der Waals surface area contributed by atoms with Gasteiger partial charge in [0.2, 0.25) is 0 Å². The first-order valence-corrected chi connectivity index (χ1v) is 51.3. The molecule has 3 aliphatic rings. The fraction of sp³-hybridized carbons (Fsp3) is 0.938. The van der Waals surface area contributed by atoms with Gasteiger partial charge in [0.25, 0.3) is 0 Å². The molecule has 0 amide bonds. The summed E-state index contributed by atoms with van der Waals surface area (Å²) in [5, 5.41) is 103. The Kier molecular flexibility index (Phi) is 68.7. The van der Waals surface area contributed by atoms with E-state index >= 15 is 0 Å². The molecule has 19 atom stereocenters. The smallest absolute Gasteiger partial charge is 0.463 e. The minimum absolute atomic E-state index is 0.0182. The van der Waals surface area contributed by atoms with Gasteiger partial charge in [0.1, 0.15) is 92.6 Å². The van der Waals surface area contributed by atoms with Crippen LogP contribution in [-0.2, 0) is 70.7 Å². The Morgan fingerprint density at radius 2 is 0.664 bits per heavy atom. The van der Waals surface area contributed by atoms with Gasteiger partial charge in [-0.2, -0.15) is 0 Å². The highest BCUT2D eigenvalue weighted by Gasteiger charge is 2.60. The summed E-state index contributed by atoms with van der Waals surface area (Å²) in [6, 6.07) is 0. The number of phosphoric acid groups is 1. The molecule has 122 heavy (non-hydrogen) atoms. The van der Waals surface area contributed by atoms with E-state index < -0.39 is 162 Å². The van der Waals surface area contributed by atoms with Gasteiger partial charge in [-0.05, 0) is 57.3 Å². The van der Waals surface area contributed by atoms with Crippen molar-refractivity contribution in [2.75, 3.05) is 26.4 Å². The molecule has 26 heteroatoms. The summed E-state index contributed by atoms with van der Waals surface area (Å²) in [5.41, 5.74) is 0. The number of carbonyl (C=O) groups excluding carboxylic acids is 4. The van der Waals surface area contributed by atoms with Crippen LogP contribution in [0.25, 0.3) is 0 Å². The van der Waals surface area contributed by atoms with Crippen LogP contribution in [0.15, 0.2) is 12.2 Å². The van der Waals surface area contributed by atoms with Crippen molar-refractivity contribution in [2.24, 2.45) is 5.92 Å². The predicted molar refractivity (Wildman–Crippen MR) is 476 cm³/mol. The van der Waals surface area contributed by atoms with E-state index in [1.807, 2.05) is 0 Å². The Balaban J connectivity index is 1.90. The molecule has 0 radical (unpaired) electrons. The SMILES string of the molecule is CCCCCC/C=C\CCCCCCCCCC(=O)OC1C(O)C(O)C(OC2OC(CO)C(O)C(O)C2O)C(OP(=O)(O)OCC(COC(=O)CCCCCCCCC(C)CCCCCCCC)OC(=O)CCCCCCCCCCCCCCCCCC)C1OC1OC(COC(=O)CCCCCCCCCCCCCCCCCC)C(O)C(O)C1O. The molecular formula is C96H179O25P. The molecule has 0 spiro atoms. The summed E-state index contributed by atoms with van der Waals surface area (Å²) in [7, 11) is -5.81. The second-order valence-corrected chi connectivity index (χ2v) is 37.3. The monoisotopic (exact) mass is 1760 g/mol. The second-order valence-electron chi connectivity index (χ2n) is 35.9. The van der Waals surface area contributed by atoms with Crippen molar-refractivity contribution < 1.29 is 122 Å². The lowest BCUT2D eigenvalue weighted by Crippen LogP contribution is -2.70. The topological polar surface area (TPSA) is 380 Å². The van der Waals surface area contributed by atoms with Crippen LogP contribution < -0.4 is 0 Å². The van der Waals surface area contributed by atoms with E-state index in [0.717, 1.165) is 141 Å². The van der Waals surface area contributed by atoms with E-state index in [2.05, 4.69) is 46.8 Å². The third-order valence-corrected chi connectivity index (χ3v) is 25.7. The van der Waals surface area contributed by atoms with Crippen LogP contribution in [0.4, 0.5) is 0 Å². The van der Waals surface area contributed by atoms with Crippen molar-refractivity contribution in [3.05, 3.63) is 12.2 Å². The number of allylic oxidation sites excluding steroid dienone is 2. The average molecular weight is 1760 g/mol. The van der Waals surface area contributed by atoms with Gasteiger partial charge >= 0.3 is 31.7 Å². The van der Waals surface area contributed by atoms with Crippen LogP contribution in [0.5, 0.6) is 0 Å². The van der Waals surface area contributed by atoms with Gasteiger partial charge in [0.15, 0.2) is 24.8 Å². The highest BCUT2D eigenvalue weighted by Crippen LogP contribution is 2.49. The van der Waals surface area contributed by atoms with Crippen molar-refractivity contribution in [2.45, 2.75) is 543 Å². The molecule has 0 aromatic carbocycles. The van der Waals surface area contributed by atoms with Crippen LogP contribution in [0, 0.1) is 5.92 Å². The highest BCUT2D eigenvalue weighted by atomic mass is 31.2. The molecule has 718 valence electrons. The summed E-state index contributed by atoms with van der Waals surface area (Å²) < 4.78 is 73.7. The van der Waals surface area contributed by atoms with Crippen LogP contribution in [0.2, 0.25) is 0 Å². The number of ether oxygens (including phenoxy) is 8. The largest absolute Gasteiger partial charge is 0.472 e. The molecule has 0 aromatic heterocycles. The number of esters is 4. The molecule has 10 N–H and O–H groups in total. The van der Waals surface area contributed by atoms with E-state index in [-0.39, 0.29) is 25.7 Å². The molecule has 1 aliphatic carbocycles. The first-order chi connectivity index (χ1) is 59.1. The second kappa shape index (κ2) is 73.9. The standard InChI is InChI=1S/C96H179O25P/c1-6-10-14-18-22-25-28-31-34-37-39-42-45-48-55-62-68-80(99)113-74-78-84(103)86(105)90(109)96(117-78)120-93-91(118-82(101)70-64-58-50-47-44-40-36-33-30-27-24-20-16-12-8-3)87(106)88(107)92(119-95-89(108)85(104)83(102)77(71-97)116-95)94(93)121-122(110,111)114-73-76(115-81(100)69-63-57-49-46-43-41-38-35-32-29-26-23-19-15-11-7-2)72-112-79(98)67-61-56-52-51-54-60-66-75(5)65-59-53-21-17-13-9-4/h27,30,75-78,83-97,102-109H,6-26,28-29,31-74H2,1-5H3,(H,110,111)/b30-27-. The fourth-order valence-corrected chi connectivity index (χ4v) is 17.6. The highest BCUT2D eigenvalue weighted by molar-refractivity contribution is 7.47. The van der Waals surface area contributed by atoms with E-state index in [1.165, 1.54) is 205 Å². The van der Waals surface area contributed by atoms with Crippen LogP contribution in [0.3, 0.4) is 0 Å². The average Bonchev–Trinajstić information content (AvgIpc) is 0.753.